The van der Waals surface area contributed by atoms with Crippen molar-refractivity contribution in [3.63, 3.8) is 0 Å². The molecule has 0 atom stereocenters. The van der Waals surface area contributed by atoms with Crippen LogP contribution in [-0.2, 0) is 16.0 Å². The predicted molar refractivity (Wildman–Crippen MR) is 79.4 cm³/mol. The zero-order chi connectivity index (χ0) is 14.5. The van der Waals surface area contributed by atoms with Gasteiger partial charge in [-0.1, -0.05) is 17.7 Å². The normalized spacial score (nSPS) is 10.3. The van der Waals surface area contributed by atoms with Gasteiger partial charge in [0.2, 0.25) is 0 Å². The average Bonchev–Trinajstić information content (AvgIpc) is 2.92. The van der Waals surface area contributed by atoms with Gasteiger partial charge in [-0.15, -0.1) is 11.3 Å². The summed E-state index contributed by atoms with van der Waals surface area (Å²) in [6.07, 6.45) is 0.870. The van der Waals surface area contributed by atoms with E-state index in [1.54, 1.807) is 13.2 Å². The van der Waals surface area contributed by atoms with Crippen LogP contribution < -0.4 is 4.74 Å². The molecule has 0 fully saturated rings. The Morgan fingerprint density at radius 2 is 2.20 bits per heavy atom. The van der Waals surface area contributed by atoms with Crippen LogP contribution in [0.4, 0.5) is 0 Å². The SMILES string of the molecule is COC(=O)CCc1csc(-c2c(Cl)cccc2OC)n1. The van der Waals surface area contributed by atoms with Gasteiger partial charge in [-0.3, -0.25) is 4.79 Å². The van der Waals surface area contributed by atoms with Crippen molar-refractivity contribution in [2.75, 3.05) is 14.2 Å². The first-order valence-electron chi connectivity index (χ1n) is 5.99. The van der Waals surface area contributed by atoms with Crippen LogP contribution in [0, 0.1) is 0 Å². The topological polar surface area (TPSA) is 48.4 Å². The highest BCUT2D eigenvalue weighted by molar-refractivity contribution is 7.13. The summed E-state index contributed by atoms with van der Waals surface area (Å²) in [7, 11) is 2.98. The average molecular weight is 312 g/mol. The van der Waals surface area contributed by atoms with Crippen molar-refractivity contribution in [2.45, 2.75) is 12.8 Å². The molecule has 0 aliphatic carbocycles. The Kier molecular flexibility index (Phi) is 4.98. The molecule has 0 aliphatic rings. The minimum Gasteiger partial charge on any atom is -0.496 e. The molecule has 0 saturated heterocycles. The molecule has 0 spiro atoms. The number of methoxy groups -OCH3 is 2. The molecule has 0 N–H and O–H groups in total. The number of aryl methyl sites for hydroxylation is 1. The van der Waals surface area contributed by atoms with E-state index in [1.165, 1.54) is 18.4 Å². The highest BCUT2D eigenvalue weighted by Gasteiger charge is 2.14. The lowest BCUT2D eigenvalue weighted by atomic mass is 10.2. The molecule has 0 saturated carbocycles. The number of esters is 1. The van der Waals surface area contributed by atoms with E-state index >= 15 is 0 Å². The molecule has 1 aromatic carbocycles. The molecule has 20 heavy (non-hydrogen) atoms. The number of halogens is 1. The third-order valence-corrected chi connectivity index (χ3v) is 4.00. The summed E-state index contributed by atoms with van der Waals surface area (Å²) < 4.78 is 9.93. The van der Waals surface area contributed by atoms with Gasteiger partial charge in [0.15, 0.2) is 0 Å². The Morgan fingerprint density at radius 1 is 1.40 bits per heavy atom. The van der Waals surface area contributed by atoms with Crippen LogP contribution in [-0.4, -0.2) is 25.2 Å². The van der Waals surface area contributed by atoms with Crippen molar-refractivity contribution in [1.29, 1.82) is 0 Å². The second-order valence-corrected chi connectivity index (χ2v) is 5.30. The third kappa shape index (κ3) is 3.29. The van der Waals surface area contributed by atoms with E-state index in [2.05, 4.69) is 9.72 Å². The number of rotatable bonds is 5. The minimum atomic E-state index is -0.241. The van der Waals surface area contributed by atoms with Gasteiger partial charge in [-0.05, 0) is 12.1 Å². The smallest absolute Gasteiger partial charge is 0.305 e. The predicted octanol–water partition coefficient (Wildman–Crippen LogP) is 3.58. The summed E-state index contributed by atoms with van der Waals surface area (Å²) in [4.78, 5) is 15.6. The maximum Gasteiger partial charge on any atom is 0.305 e. The Hall–Kier alpha value is -1.59. The molecule has 1 aromatic heterocycles. The van der Waals surface area contributed by atoms with Crippen LogP contribution in [0.2, 0.25) is 5.02 Å². The van der Waals surface area contributed by atoms with Gasteiger partial charge in [0.25, 0.3) is 0 Å². The highest BCUT2D eigenvalue weighted by atomic mass is 35.5. The zero-order valence-electron chi connectivity index (χ0n) is 11.2. The number of ether oxygens (including phenoxy) is 2. The van der Waals surface area contributed by atoms with Gasteiger partial charge in [-0.25, -0.2) is 4.98 Å². The Bertz CT molecular complexity index is 612. The maximum atomic E-state index is 11.1. The quantitative estimate of drug-likeness (QED) is 0.792. The van der Waals surface area contributed by atoms with E-state index in [-0.39, 0.29) is 5.97 Å². The first-order valence-corrected chi connectivity index (χ1v) is 7.25. The molecule has 0 aliphatic heterocycles. The maximum absolute atomic E-state index is 11.1. The fourth-order valence-corrected chi connectivity index (χ4v) is 2.98. The fourth-order valence-electron chi connectivity index (χ4n) is 1.75. The summed E-state index contributed by atoms with van der Waals surface area (Å²) in [6.45, 7) is 0. The Labute approximate surface area is 126 Å². The molecule has 4 nitrogen and oxygen atoms in total. The number of aromatic nitrogens is 1. The number of carbonyl (C=O) groups excluding carboxylic acids is 1. The van der Waals surface area contributed by atoms with Crippen molar-refractivity contribution < 1.29 is 14.3 Å². The Morgan fingerprint density at radius 3 is 2.90 bits per heavy atom. The van der Waals surface area contributed by atoms with E-state index in [1.807, 2.05) is 17.5 Å². The number of hydrogen-bond acceptors (Lipinski definition) is 5. The lowest BCUT2D eigenvalue weighted by Gasteiger charge is -2.07. The number of carbonyl (C=O) groups is 1. The molecule has 2 rings (SSSR count). The van der Waals surface area contributed by atoms with E-state index in [0.29, 0.717) is 23.6 Å². The van der Waals surface area contributed by atoms with Crippen molar-refractivity contribution >= 4 is 28.9 Å². The second-order valence-electron chi connectivity index (χ2n) is 4.04. The van der Waals surface area contributed by atoms with Crippen LogP contribution in [0.15, 0.2) is 23.6 Å². The summed E-state index contributed by atoms with van der Waals surface area (Å²) in [6, 6.07) is 5.47. The van der Waals surface area contributed by atoms with Gasteiger partial charge >= 0.3 is 5.97 Å². The van der Waals surface area contributed by atoms with Crippen LogP contribution >= 0.6 is 22.9 Å². The van der Waals surface area contributed by atoms with Gasteiger partial charge in [0.1, 0.15) is 10.8 Å². The largest absolute Gasteiger partial charge is 0.496 e. The van der Waals surface area contributed by atoms with Crippen molar-refractivity contribution in [1.82, 2.24) is 4.98 Å². The molecule has 0 radical (unpaired) electrons. The van der Waals surface area contributed by atoms with E-state index in [0.717, 1.165) is 16.3 Å². The summed E-state index contributed by atoms with van der Waals surface area (Å²) >= 11 is 7.69. The van der Waals surface area contributed by atoms with Crippen LogP contribution in [0.1, 0.15) is 12.1 Å². The molecule has 0 unspecified atom stereocenters. The second kappa shape index (κ2) is 6.72. The summed E-state index contributed by atoms with van der Waals surface area (Å²) in [5.74, 6) is 0.446. The number of benzene rings is 1. The van der Waals surface area contributed by atoms with E-state index in [9.17, 15) is 4.79 Å². The first-order chi connectivity index (χ1) is 9.65. The lowest BCUT2D eigenvalue weighted by Crippen LogP contribution is -2.02. The number of thiazole rings is 1. The molecule has 1 heterocycles. The molecule has 2 aromatic rings. The van der Waals surface area contributed by atoms with Crippen molar-refractivity contribution in [2.24, 2.45) is 0 Å². The standard InChI is InChI=1S/C14H14ClNO3S/c1-18-11-5-3-4-10(15)13(11)14-16-9(8-20-14)6-7-12(17)19-2/h3-5,8H,6-7H2,1-2H3. The third-order valence-electron chi connectivity index (χ3n) is 2.77. The zero-order valence-corrected chi connectivity index (χ0v) is 12.8. The van der Waals surface area contributed by atoms with Crippen LogP contribution in [0.5, 0.6) is 5.75 Å². The molecule has 6 heteroatoms. The highest BCUT2D eigenvalue weighted by Crippen LogP contribution is 2.38. The van der Waals surface area contributed by atoms with Crippen LogP contribution in [0.3, 0.4) is 0 Å². The molecular weight excluding hydrogens is 298 g/mol. The van der Waals surface area contributed by atoms with Gasteiger partial charge < -0.3 is 9.47 Å². The monoisotopic (exact) mass is 311 g/mol. The number of nitrogens with zero attached hydrogens (tertiary/aromatic N) is 1. The Balaban J connectivity index is 2.23. The van der Waals surface area contributed by atoms with E-state index in [4.69, 9.17) is 16.3 Å². The molecule has 106 valence electrons. The van der Waals surface area contributed by atoms with E-state index < -0.39 is 0 Å². The fraction of sp³-hybridized carbons (Fsp3) is 0.286. The summed E-state index contributed by atoms with van der Waals surface area (Å²) in [5.41, 5.74) is 1.63. The molecular formula is C14H14ClNO3S. The van der Waals surface area contributed by atoms with Crippen molar-refractivity contribution in [3.05, 3.63) is 34.3 Å². The minimum absolute atomic E-state index is 0.241. The van der Waals surface area contributed by atoms with Crippen molar-refractivity contribution in [3.8, 4) is 16.3 Å². The lowest BCUT2D eigenvalue weighted by molar-refractivity contribution is -0.140. The molecule has 0 amide bonds. The van der Waals surface area contributed by atoms with Gasteiger partial charge in [0.05, 0.1) is 36.9 Å². The first kappa shape index (κ1) is 14.8. The summed E-state index contributed by atoms with van der Waals surface area (Å²) in [5, 5.41) is 3.30. The van der Waals surface area contributed by atoms with Gasteiger partial charge in [0, 0.05) is 11.8 Å². The van der Waals surface area contributed by atoms with Gasteiger partial charge in [-0.2, -0.15) is 0 Å². The number of hydrogen-bond donors (Lipinski definition) is 0. The molecule has 0 bridgehead atoms. The van der Waals surface area contributed by atoms with Crippen LogP contribution in [0.25, 0.3) is 10.6 Å².